The van der Waals surface area contributed by atoms with Gasteiger partial charge in [-0.2, -0.15) is 0 Å². The van der Waals surface area contributed by atoms with Gasteiger partial charge in [0, 0.05) is 6.04 Å². The smallest absolute Gasteiger partial charge is 0.309 e. The lowest BCUT2D eigenvalue weighted by molar-refractivity contribution is -0.153. The molecule has 1 aliphatic carbocycles. The summed E-state index contributed by atoms with van der Waals surface area (Å²) in [6.07, 6.45) is 7.67. The van der Waals surface area contributed by atoms with Gasteiger partial charge in [-0.1, -0.05) is 27.2 Å². The maximum atomic E-state index is 11.5. The van der Waals surface area contributed by atoms with Crippen molar-refractivity contribution in [2.45, 2.75) is 71.8 Å². The molecular formula is C16H29NO2. The van der Waals surface area contributed by atoms with Gasteiger partial charge in [0.05, 0.1) is 5.41 Å². The van der Waals surface area contributed by atoms with Crippen LogP contribution in [0.2, 0.25) is 0 Å². The van der Waals surface area contributed by atoms with Gasteiger partial charge in [-0.25, -0.2) is 0 Å². The van der Waals surface area contributed by atoms with Crippen LogP contribution in [-0.4, -0.2) is 35.1 Å². The van der Waals surface area contributed by atoms with Crippen molar-refractivity contribution in [3.63, 3.8) is 0 Å². The summed E-state index contributed by atoms with van der Waals surface area (Å²) in [5, 5.41) is 9.45. The Morgan fingerprint density at radius 2 is 1.89 bits per heavy atom. The van der Waals surface area contributed by atoms with Gasteiger partial charge in [0.2, 0.25) is 0 Å². The molecule has 3 heteroatoms. The molecule has 2 fully saturated rings. The molecule has 110 valence electrons. The van der Waals surface area contributed by atoms with Crippen LogP contribution in [0.25, 0.3) is 0 Å². The lowest BCUT2D eigenvalue weighted by Crippen LogP contribution is -2.49. The Balaban J connectivity index is 1.94. The van der Waals surface area contributed by atoms with Crippen molar-refractivity contribution in [3.8, 4) is 0 Å². The predicted octanol–water partition coefficient (Wildman–Crippen LogP) is 3.53. The number of aliphatic carboxylic acids is 1. The summed E-state index contributed by atoms with van der Waals surface area (Å²) >= 11 is 0. The Bertz CT molecular complexity index is 330. The maximum absolute atomic E-state index is 11.5. The number of carboxylic acids is 1. The minimum atomic E-state index is -0.585. The minimum absolute atomic E-state index is 0.444. The molecule has 0 spiro atoms. The predicted molar refractivity (Wildman–Crippen MR) is 77.2 cm³/mol. The van der Waals surface area contributed by atoms with Crippen LogP contribution in [0.3, 0.4) is 0 Å². The van der Waals surface area contributed by atoms with E-state index in [9.17, 15) is 9.90 Å². The zero-order valence-electron chi connectivity index (χ0n) is 12.7. The first-order chi connectivity index (χ1) is 8.88. The molecule has 0 radical (unpaired) electrons. The fourth-order valence-electron chi connectivity index (χ4n) is 4.01. The minimum Gasteiger partial charge on any atom is -0.481 e. The van der Waals surface area contributed by atoms with E-state index in [-0.39, 0.29) is 0 Å². The van der Waals surface area contributed by atoms with Crippen molar-refractivity contribution in [1.82, 2.24) is 4.90 Å². The molecule has 2 rings (SSSR count). The normalized spacial score (nSPS) is 31.0. The van der Waals surface area contributed by atoms with Crippen LogP contribution in [0.4, 0.5) is 0 Å². The van der Waals surface area contributed by atoms with Crippen molar-refractivity contribution in [2.75, 3.05) is 13.1 Å². The van der Waals surface area contributed by atoms with E-state index in [0.717, 1.165) is 32.4 Å². The van der Waals surface area contributed by atoms with E-state index >= 15 is 0 Å². The zero-order chi connectivity index (χ0) is 14.1. The lowest BCUT2D eigenvalue weighted by atomic mass is 9.72. The average Bonchev–Trinajstić information content (AvgIpc) is 2.37. The number of rotatable bonds is 3. The maximum Gasteiger partial charge on any atom is 0.309 e. The topological polar surface area (TPSA) is 40.5 Å². The van der Waals surface area contributed by atoms with E-state index in [2.05, 4.69) is 18.7 Å². The van der Waals surface area contributed by atoms with Crippen molar-refractivity contribution >= 4 is 5.97 Å². The number of likely N-dealkylation sites (tertiary alicyclic amines) is 1. The van der Waals surface area contributed by atoms with Crippen LogP contribution in [0.1, 0.15) is 65.7 Å². The second kappa shape index (κ2) is 5.43. The highest BCUT2D eigenvalue weighted by atomic mass is 16.4. The molecule has 1 N–H and O–H groups in total. The third-order valence-electron chi connectivity index (χ3n) is 5.58. The second-order valence-electron chi connectivity index (χ2n) is 7.39. The summed E-state index contributed by atoms with van der Waals surface area (Å²) < 4.78 is 0. The van der Waals surface area contributed by atoms with E-state index < -0.39 is 11.4 Å². The molecule has 1 atom stereocenters. The van der Waals surface area contributed by atoms with Crippen molar-refractivity contribution < 1.29 is 9.90 Å². The fourth-order valence-corrected chi connectivity index (χ4v) is 4.01. The second-order valence-corrected chi connectivity index (χ2v) is 7.39. The van der Waals surface area contributed by atoms with Gasteiger partial charge < -0.3 is 10.0 Å². The Kier molecular flexibility index (Phi) is 4.24. The SMILES string of the molecule is CCC1(C(=O)O)CCN(C2CCCC(C)(C)C2)CC1. The summed E-state index contributed by atoms with van der Waals surface area (Å²) in [7, 11) is 0. The fraction of sp³-hybridized carbons (Fsp3) is 0.938. The van der Waals surface area contributed by atoms with Gasteiger partial charge in [0.1, 0.15) is 0 Å². The van der Waals surface area contributed by atoms with Gasteiger partial charge >= 0.3 is 5.97 Å². The van der Waals surface area contributed by atoms with Crippen LogP contribution >= 0.6 is 0 Å². The van der Waals surface area contributed by atoms with Crippen LogP contribution in [-0.2, 0) is 4.79 Å². The Hall–Kier alpha value is -0.570. The molecular weight excluding hydrogens is 238 g/mol. The van der Waals surface area contributed by atoms with Gasteiger partial charge in [0.15, 0.2) is 0 Å². The molecule has 0 aromatic rings. The molecule has 2 aliphatic rings. The summed E-state index contributed by atoms with van der Waals surface area (Å²) in [5.41, 5.74) is 0.0235. The van der Waals surface area contributed by atoms with Crippen molar-refractivity contribution in [1.29, 1.82) is 0 Å². The van der Waals surface area contributed by atoms with Gasteiger partial charge in [-0.3, -0.25) is 4.79 Å². The molecule has 1 saturated carbocycles. The number of carbonyl (C=O) groups is 1. The molecule has 1 saturated heterocycles. The van der Waals surface area contributed by atoms with E-state index in [4.69, 9.17) is 0 Å². The summed E-state index contributed by atoms with van der Waals surface area (Å²) in [6.45, 7) is 8.71. The van der Waals surface area contributed by atoms with Crippen LogP contribution in [0.15, 0.2) is 0 Å². The van der Waals surface area contributed by atoms with E-state index in [1.54, 1.807) is 0 Å². The largest absolute Gasteiger partial charge is 0.481 e. The molecule has 0 bridgehead atoms. The summed E-state index contributed by atoms with van der Waals surface area (Å²) in [5.74, 6) is -0.585. The Labute approximate surface area is 117 Å². The Morgan fingerprint density at radius 1 is 1.26 bits per heavy atom. The summed E-state index contributed by atoms with van der Waals surface area (Å²) in [6, 6.07) is 0.687. The van der Waals surface area contributed by atoms with Gasteiger partial charge in [-0.15, -0.1) is 0 Å². The summed E-state index contributed by atoms with van der Waals surface area (Å²) in [4.78, 5) is 14.0. The van der Waals surface area contributed by atoms with Crippen molar-refractivity contribution in [3.05, 3.63) is 0 Å². The third-order valence-corrected chi connectivity index (χ3v) is 5.58. The highest BCUT2D eigenvalue weighted by Crippen LogP contribution is 2.41. The first-order valence-electron chi connectivity index (χ1n) is 7.86. The van der Waals surface area contributed by atoms with Gasteiger partial charge in [0.25, 0.3) is 0 Å². The van der Waals surface area contributed by atoms with E-state index in [0.29, 0.717) is 11.5 Å². The molecule has 0 aromatic carbocycles. The molecule has 19 heavy (non-hydrogen) atoms. The first-order valence-corrected chi connectivity index (χ1v) is 7.86. The highest BCUT2D eigenvalue weighted by molar-refractivity contribution is 5.74. The van der Waals surface area contributed by atoms with Crippen LogP contribution < -0.4 is 0 Å². The quantitative estimate of drug-likeness (QED) is 0.850. The number of piperidine rings is 1. The first kappa shape index (κ1) is 14.8. The average molecular weight is 267 g/mol. The molecule has 3 nitrogen and oxygen atoms in total. The monoisotopic (exact) mass is 267 g/mol. The van der Waals surface area contributed by atoms with Crippen LogP contribution in [0.5, 0.6) is 0 Å². The van der Waals surface area contributed by atoms with Gasteiger partial charge in [-0.05, 0) is 57.0 Å². The zero-order valence-corrected chi connectivity index (χ0v) is 12.7. The molecule has 1 unspecified atom stereocenters. The standard InChI is InChI=1S/C16H29NO2/c1-4-16(14(18)19)8-10-17(11-9-16)13-6-5-7-15(2,3)12-13/h13H,4-12H2,1-3H3,(H,18,19). The number of nitrogens with zero attached hydrogens (tertiary/aromatic N) is 1. The lowest BCUT2D eigenvalue weighted by Gasteiger charge is -2.46. The molecule has 1 heterocycles. The third kappa shape index (κ3) is 3.13. The number of carboxylic acid groups (broad SMARTS) is 1. The number of hydrogen-bond donors (Lipinski definition) is 1. The van der Waals surface area contributed by atoms with Crippen LogP contribution in [0, 0.1) is 10.8 Å². The van der Waals surface area contributed by atoms with E-state index in [1.165, 1.54) is 25.7 Å². The van der Waals surface area contributed by atoms with Crippen molar-refractivity contribution in [2.24, 2.45) is 10.8 Å². The van der Waals surface area contributed by atoms with E-state index in [1.807, 2.05) is 6.92 Å². The molecule has 1 aliphatic heterocycles. The molecule has 0 aromatic heterocycles. The number of hydrogen-bond acceptors (Lipinski definition) is 2. The Morgan fingerprint density at radius 3 is 2.37 bits per heavy atom. The highest BCUT2D eigenvalue weighted by Gasteiger charge is 2.42. The molecule has 0 amide bonds.